The summed E-state index contributed by atoms with van der Waals surface area (Å²) in [4.78, 5) is 3.74. The molecule has 14 heavy (non-hydrogen) atoms. The molecule has 0 bridgehead atoms. The molecular weight excluding hydrogens is 188 g/mol. The van der Waals surface area contributed by atoms with Crippen LogP contribution in [0.3, 0.4) is 0 Å². The third-order valence-electron chi connectivity index (χ3n) is 1.96. The van der Waals surface area contributed by atoms with Crippen molar-refractivity contribution >= 4 is 16.6 Å². The number of halogens is 2. The molecule has 0 unspecified atom stereocenters. The maximum absolute atomic E-state index is 13.2. The quantitative estimate of drug-likeness (QED) is 0.538. The first-order valence-electron chi connectivity index (χ1n) is 3.93. The molecule has 3 N–H and O–H groups in total. The van der Waals surface area contributed by atoms with Crippen molar-refractivity contribution in [3.63, 3.8) is 0 Å². The lowest BCUT2D eigenvalue weighted by atomic mass is 10.2. The van der Waals surface area contributed by atoms with E-state index in [0.717, 1.165) is 6.07 Å². The van der Waals surface area contributed by atoms with Crippen molar-refractivity contribution in [3.05, 3.63) is 36.0 Å². The van der Waals surface area contributed by atoms with Gasteiger partial charge in [0.1, 0.15) is 5.52 Å². The predicted molar refractivity (Wildman–Crippen MR) is 49.5 cm³/mol. The van der Waals surface area contributed by atoms with Gasteiger partial charge in [-0.25, -0.2) is 8.78 Å². The number of rotatable bonds is 1. The van der Waals surface area contributed by atoms with Crippen molar-refractivity contribution in [2.45, 2.75) is 0 Å². The summed E-state index contributed by atoms with van der Waals surface area (Å²) in [6, 6.07) is 4.05. The number of nitrogens with zero attached hydrogens (tertiary/aromatic N) is 1. The molecular formula is C9H7F2N3. The first-order valence-corrected chi connectivity index (χ1v) is 3.93. The zero-order valence-electron chi connectivity index (χ0n) is 7.09. The van der Waals surface area contributed by atoms with Crippen molar-refractivity contribution in [3.8, 4) is 0 Å². The van der Waals surface area contributed by atoms with Gasteiger partial charge in [0.25, 0.3) is 0 Å². The third kappa shape index (κ3) is 1.18. The van der Waals surface area contributed by atoms with Gasteiger partial charge < -0.3 is 5.43 Å². The van der Waals surface area contributed by atoms with Crippen molar-refractivity contribution in [2.75, 3.05) is 5.43 Å². The molecule has 2 aromatic rings. The number of pyridine rings is 1. The molecule has 3 nitrogen and oxygen atoms in total. The number of aromatic nitrogens is 1. The highest BCUT2D eigenvalue weighted by atomic mass is 19.2. The van der Waals surface area contributed by atoms with Gasteiger partial charge in [0.2, 0.25) is 0 Å². The second-order valence-corrected chi connectivity index (χ2v) is 2.76. The number of nitrogens with two attached hydrogens (primary N) is 1. The third-order valence-corrected chi connectivity index (χ3v) is 1.96. The van der Waals surface area contributed by atoms with E-state index in [0.29, 0.717) is 11.1 Å². The zero-order valence-corrected chi connectivity index (χ0v) is 7.09. The smallest absolute Gasteiger partial charge is 0.185 e. The first kappa shape index (κ1) is 8.83. The maximum Gasteiger partial charge on any atom is 0.185 e. The minimum Gasteiger partial charge on any atom is -0.323 e. The molecule has 1 heterocycles. The molecule has 0 amide bonds. The summed E-state index contributed by atoms with van der Waals surface area (Å²) in [7, 11) is 0. The van der Waals surface area contributed by atoms with Crippen LogP contribution in [0.5, 0.6) is 0 Å². The summed E-state index contributed by atoms with van der Waals surface area (Å²) in [5, 5.41) is 0.453. The molecule has 0 aliphatic carbocycles. The Kier molecular flexibility index (Phi) is 2.01. The van der Waals surface area contributed by atoms with Gasteiger partial charge in [-0.2, -0.15) is 0 Å². The fourth-order valence-electron chi connectivity index (χ4n) is 1.29. The standard InChI is InChI=1S/C9H7F2N3/c10-6-2-1-5-7(14-12)3-4-13-9(5)8(6)11/h1-4H,12H2,(H,13,14). The largest absolute Gasteiger partial charge is 0.323 e. The summed E-state index contributed by atoms with van der Waals surface area (Å²) >= 11 is 0. The molecule has 0 fully saturated rings. The SMILES string of the molecule is NNc1ccnc2c(F)c(F)ccc12. The molecule has 2 rings (SSSR count). The molecule has 5 heteroatoms. The van der Waals surface area contributed by atoms with Crippen molar-refractivity contribution in [1.82, 2.24) is 4.98 Å². The zero-order chi connectivity index (χ0) is 10.1. The second-order valence-electron chi connectivity index (χ2n) is 2.76. The molecule has 0 saturated heterocycles. The molecule has 0 atom stereocenters. The number of hydrazine groups is 1. The predicted octanol–water partition coefficient (Wildman–Crippen LogP) is 1.80. The second kappa shape index (κ2) is 3.19. The summed E-state index contributed by atoms with van der Waals surface area (Å²) in [6.07, 6.45) is 1.36. The normalized spacial score (nSPS) is 10.5. The number of fused-ring (bicyclic) bond motifs is 1. The van der Waals surface area contributed by atoms with E-state index in [9.17, 15) is 8.78 Å². The number of nitrogens with one attached hydrogen (secondary N) is 1. The van der Waals surface area contributed by atoms with Crippen molar-refractivity contribution in [1.29, 1.82) is 0 Å². The minimum absolute atomic E-state index is 0.0274. The molecule has 0 aliphatic rings. The Hall–Kier alpha value is -1.75. The van der Waals surface area contributed by atoms with Crippen LogP contribution in [0.2, 0.25) is 0 Å². The van der Waals surface area contributed by atoms with Crippen molar-refractivity contribution in [2.24, 2.45) is 5.84 Å². The highest BCUT2D eigenvalue weighted by Gasteiger charge is 2.09. The maximum atomic E-state index is 13.2. The van der Waals surface area contributed by atoms with E-state index < -0.39 is 11.6 Å². The van der Waals surface area contributed by atoms with Gasteiger partial charge in [0, 0.05) is 11.6 Å². The van der Waals surface area contributed by atoms with Crippen LogP contribution in [0, 0.1) is 11.6 Å². The molecule has 1 aromatic carbocycles. The highest BCUT2D eigenvalue weighted by molar-refractivity contribution is 5.91. The first-order chi connectivity index (χ1) is 6.74. The van der Waals surface area contributed by atoms with Gasteiger partial charge >= 0.3 is 0 Å². The topological polar surface area (TPSA) is 50.9 Å². The van der Waals surface area contributed by atoms with E-state index in [-0.39, 0.29) is 5.52 Å². The van der Waals surface area contributed by atoms with Crippen molar-refractivity contribution < 1.29 is 8.78 Å². The molecule has 0 aliphatic heterocycles. The minimum atomic E-state index is -0.959. The fourth-order valence-corrected chi connectivity index (χ4v) is 1.29. The van der Waals surface area contributed by atoms with E-state index >= 15 is 0 Å². The lowest BCUT2D eigenvalue weighted by molar-refractivity contribution is 0.515. The van der Waals surface area contributed by atoms with Gasteiger partial charge in [-0.3, -0.25) is 10.8 Å². The Labute approximate surface area is 78.5 Å². The Bertz CT molecular complexity index is 485. The van der Waals surface area contributed by atoms with Crippen LogP contribution < -0.4 is 11.3 Å². The highest BCUT2D eigenvalue weighted by Crippen LogP contribution is 2.23. The molecule has 0 saturated carbocycles. The molecule has 0 spiro atoms. The Morgan fingerprint density at radius 3 is 2.71 bits per heavy atom. The monoisotopic (exact) mass is 195 g/mol. The van der Waals surface area contributed by atoms with Gasteiger partial charge in [-0.1, -0.05) is 0 Å². The number of benzene rings is 1. The fraction of sp³-hybridized carbons (Fsp3) is 0. The van der Waals surface area contributed by atoms with Crippen LogP contribution >= 0.6 is 0 Å². The number of anilines is 1. The van der Waals surface area contributed by atoms with Crippen LogP contribution in [0.4, 0.5) is 14.5 Å². The summed E-state index contributed by atoms with van der Waals surface area (Å²) in [6.45, 7) is 0. The average Bonchev–Trinajstić information content (AvgIpc) is 2.23. The van der Waals surface area contributed by atoms with Gasteiger partial charge in [-0.05, 0) is 18.2 Å². The number of hydrogen-bond acceptors (Lipinski definition) is 3. The molecule has 1 aromatic heterocycles. The average molecular weight is 195 g/mol. The Morgan fingerprint density at radius 2 is 2.00 bits per heavy atom. The van der Waals surface area contributed by atoms with E-state index in [1.807, 2.05) is 0 Å². The van der Waals surface area contributed by atoms with E-state index in [4.69, 9.17) is 5.84 Å². The Balaban J connectivity index is 2.86. The summed E-state index contributed by atoms with van der Waals surface area (Å²) < 4.78 is 26.0. The van der Waals surface area contributed by atoms with Crippen LogP contribution in [-0.4, -0.2) is 4.98 Å². The lowest BCUT2D eigenvalue weighted by Gasteiger charge is -2.05. The van der Waals surface area contributed by atoms with Gasteiger partial charge in [0.15, 0.2) is 11.6 Å². The van der Waals surface area contributed by atoms with Gasteiger partial charge in [-0.15, -0.1) is 0 Å². The number of nitrogen functional groups attached to an aromatic ring is 1. The van der Waals surface area contributed by atoms with Crippen LogP contribution in [0.1, 0.15) is 0 Å². The summed E-state index contributed by atoms with van der Waals surface area (Å²) in [5.41, 5.74) is 2.87. The van der Waals surface area contributed by atoms with Crippen LogP contribution in [-0.2, 0) is 0 Å². The van der Waals surface area contributed by atoms with Crippen LogP contribution in [0.15, 0.2) is 24.4 Å². The number of hydrogen-bond donors (Lipinski definition) is 2. The molecule has 72 valence electrons. The van der Waals surface area contributed by atoms with E-state index in [2.05, 4.69) is 10.4 Å². The van der Waals surface area contributed by atoms with E-state index in [1.165, 1.54) is 12.3 Å². The molecule has 0 radical (unpaired) electrons. The van der Waals surface area contributed by atoms with Gasteiger partial charge in [0.05, 0.1) is 5.69 Å². The van der Waals surface area contributed by atoms with Crippen LogP contribution in [0.25, 0.3) is 10.9 Å². The lowest BCUT2D eigenvalue weighted by Crippen LogP contribution is -2.07. The summed E-state index contributed by atoms with van der Waals surface area (Å²) in [5.74, 6) is 3.33. The van der Waals surface area contributed by atoms with E-state index in [1.54, 1.807) is 6.07 Å². The Morgan fingerprint density at radius 1 is 1.21 bits per heavy atom.